The lowest BCUT2D eigenvalue weighted by Gasteiger charge is -2.31. The first kappa shape index (κ1) is 21.2. The Kier molecular flexibility index (Phi) is 6.61. The molecule has 0 aliphatic carbocycles. The maximum Gasteiger partial charge on any atom is 0.270 e. The highest BCUT2D eigenvalue weighted by Gasteiger charge is 2.24. The number of hydrogen-bond acceptors (Lipinski definition) is 4. The van der Waals surface area contributed by atoms with E-state index in [1.165, 1.54) is 18.2 Å². The van der Waals surface area contributed by atoms with Gasteiger partial charge in [-0.15, -0.1) is 0 Å². The van der Waals surface area contributed by atoms with E-state index in [9.17, 15) is 19.7 Å². The van der Waals surface area contributed by atoms with Crippen molar-refractivity contribution in [1.29, 1.82) is 0 Å². The molecule has 0 radical (unpaired) electrons. The number of benzene rings is 2. The molecule has 1 aliphatic heterocycles. The lowest BCUT2D eigenvalue weighted by molar-refractivity contribution is -0.384. The van der Waals surface area contributed by atoms with E-state index in [1.54, 1.807) is 29.2 Å². The van der Waals surface area contributed by atoms with Gasteiger partial charge in [0, 0.05) is 30.8 Å². The molecule has 1 heterocycles. The molecule has 0 bridgehead atoms. The standard InChI is InChI=1S/C23H25N3O4/c1-16-6-8-19(9-7-16)22(27)24-21(23(28)25-12-10-17(2)11-13-25)15-18-4-3-5-20(14-18)26(29)30/h3-9,14-15,17H,10-13H2,1-2H3,(H,24,27)/b21-15+. The van der Waals surface area contributed by atoms with Crippen molar-refractivity contribution in [3.8, 4) is 0 Å². The summed E-state index contributed by atoms with van der Waals surface area (Å²) in [7, 11) is 0. The molecule has 2 amide bonds. The molecular formula is C23H25N3O4. The van der Waals surface area contributed by atoms with Crippen LogP contribution in [-0.4, -0.2) is 34.7 Å². The summed E-state index contributed by atoms with van der Waals surface area (Å²) in [5, 5.41) is 13.8. The lowest BCUT2D eigenvalue weighted by atomic mass is 9.99. The normalized spacial score (nSPS) is 15.0. The zero-order valence-electron chi connectivity index (χ0n) is 17.1. The summed E-state index contributed by atoms with van der Waals surface area (Å²) < 4.78 is 0. The Bertz CT molecular complexity index is 974. The molecule has 2 aromatic carbocycles. The minimum Gasteiger partial charge on any atom is -0.337 e. The molecule has 1 aliphatic rings. The number of nitro benzene ring substituents is 1. The molecule has 1 fully saturated rings. The third kappa shape index (κ3) is 5.31. The van der Waals surface area contributed by atoms with Crippen molar-refractivity contribution in [2.24, 2.45) is 5.92 Å². The van der Waals surface area contributed by atoms with Crippen molar-refractivity contribution in [3.05, 3.63) is 81.0 Å². The molecule has 0 aromatic heterocycles. The van der Waals surface area contributed by atoms with Crippen molar-refractivity contribution in [2.45, 2.75) is 26.7 Å². The summed E-state index contributed by atoms with van der Waals surface area (Å²) >= 11 is 0. The van der Waals surface area contributed by atoms with E-state index >= 15 is 0 Å². The molecule has 3 rings (SSSR count). The van der Waals surface area contributed by atoms with Crippen LogP contribution in [0, 0.1) is 23.0 Å². The Morgan fingerprint density at radius 1 is 1.13 bits per heavy atom. The SMILES string of the molecule is Cc1ccc(C(=O)N/C(=C/c2cccc([N+](=O)[O-])c2)C(=O)N2CCC(C)CC2)cc1. The Labute approximate surface area is 175 Å². The third-order valence-corrected chi connectivity index (χ3v) is 5.26. The van der Waals surface area contributed by atoms with Crippen LogP contribution < -0.4 is 5.32 Å². The van der Waals surface area contributed by atoms with Crippen LogP contribution in [0.15, 0.2) is 54.2 Å². The van der Waals surface area contributed by atoms with Gasteiger partial charge in [0.1, 0.15) is 5.70 Å². The van der Waals surface area contributed by atoms with E-state index in [-0.39, 0.29) is 17.3 Å². The predicted molar refractivity (Wildman–Crippen MR) is 115 cm³/mol. The Balaban J connectivity index is 1.90. The van der Waals surface area contributed by atoms with Gasteiger partial charge >= 0.3 is 0 Å². The van der Waals surface area contributed by atoms with Gasteiger partial charge < -0.3 is 10.2 Å². The molecule has 0 unspecified atom stereocenters. The minimum absolute atomic E-state index is 0.0767. The number of nitrogens with one attached hydrogen (secondary N) is 1. The van der Waals surface area contributed by atoms with Gasteiger partial charge in [-0.3, -0.25) is 19.7 Å². The van der Waals surface area contributed by atoms with Crippen molar-refractivity contribution < 1.29 is 14.5 Å². The molecule has 1 N–H and O–H groups in total. The lowest BCUT2D eigenvalue weighted by Crippen LogP contribution is -2.42. The summed E-state index contributed by atoms with van der Waals surface area (Å²) in [6.07, 6.45) is 3.31. The van der Waals surface area contributed by atoms with Gasteiger partial charge in [0.25, 0.3) is 17.5 Å². The van der Waals surface area contributed by atoms with Crippen molar-refractivity contribution in [2.75, 3.05) is 13.1 Å². The van der Waals surface area contributed by atoms with Crippen LogP contribution >= 0.6 is 0 Å². The average molecular weight is 407 g/mol. The van der Waals surface area contributed by atoms with Crippen LogP contribution in [0.3, 0.4) is 0 Å². The average Bonchev–Trinajstić information content (AvgIpc) is 2.74. The largest absolute Gasteiger partial charge is 0.337 e. The molecule has 0 spiro atoms. The van der Waals surface area contributed by atoms with Gasteiger partial charge in [0.05, 0.1) is 4.92 Å². The molecule has 2 aromatic rings. The summed E-state index contributed by atoms with van der Waals surface area (Å²) in [4.78, 5) is 38.2. The number of nitrogens with zero attached hydrogens (tertiary/aromatic N) is 2. The first-order valence-corrected chi connectivity index (χ1v) is 9.97. The number of rotatable bonds is 5. The highest BCUT2D eigenvalue weighted by atomic mass is 16.6. The summed E-state index contributed by atoms with van der Waals surface area (Å²) in [5.41, 5.74) is 1.97. The summed E-state index contributed by atoms with van der Waals surface area (Å²) in [6.45, 7) is 5.32. The molecule has 0 saturated carbocycles. The zero-order chi connectivity index (χ0) is 21.7. The number of carbonyl (C=O) groups excluding carboxylic acids is 2. The van der Waals surface area contributed by atoms with Crippen LogP contribution in [-0.2, 0) is 4.79 Å². The second kappa shape index (κ2) is 9.35. The van der Waals surface area contributed by atoms with Crippen molar-refractivity contribution >= 4 is 23.6 Å². The molecule has 30 heavy (non-hydrogen) atoms. The number of likely N-dealkylation sites (tertiary alicyclic amines) is 1. The van der Waals surface area contributed by atoms with Gasteiger partial charge in [-0.05, 0) is 49.5 Å². The van der Waals surface area contributed by atoms with Gasteiger partial charge in [-0.1, -0.05) is 36.8 Å². The smallest absolute Gasteiger partial charge is 0.270 e. The number of aryl methyl sites for hydroxylation is 1. The third-order valence-electron chi connectivity index (χ3n) is 5.26. The number of piperidine rings is 1. The maximum atomic E-state index is 13.2. The Morgan fingerprint density at radius 2 is 1.80 bits per heavy atom. The van der Waals surface area contributed by atoms with Gasteiger partial charge in [-0.2, -0.15) is 0 Å². The maximum absolute atomic E-state index is 13.2. The van der Waals surface area contributed by atoms with Crippen LogP contribution in [0.2, 0.25) is 0 Å². The van der Waals surface area contributed by atoms with E-state index in [4.69, 9.17) is 0 Å². The number of carbonyl (C=O) groups is 2. The Hall–Kier alpha value is -3.48. The van der Waals surface area contributed by atoms with Crippen LogP contribution in [0.25, 0.3) is 6.08 Å². The monoisotopic (exact) mass is 407 g/mol. The minimum atomic E-state index is -0.490. The predicted octanol–water partition coefficient (Wildman–Crippen LogP) is 3.93. The van der Waals surface area contributed by atoms with Crippen LogP contribution in [0.1, 0.15) is 41.3 Å². The van der Waals surface area contributed by atoms with Crippen molar-refractivity contribution in [1.82, 2.24) is 10.2 Å². The molecule has 0 atom stereocenters. The fraction of sp³-hybridized carbons (Fsp3) is 0.304. The number of hydrogen-bond donors (Lipinski definition) is 1. The van der Waals surface area contributed by atoms with Gasteiger partial charge in [0.2, 0.25) is 0 Å². The van der Waals surface area contributed by atoms with E-state index in [1.807, 2.05) is 19.1 Å². The second-order valence-electron chi connectivity index (χ2n) is 7.70. The topological polar surface area (TPSA) is 92.5 Å². The van der Waals surface area contributed by atoms with Gasteiger partial charge in [-0.25, -0.2) is 0 Å². The second-order valence-corrected chi connectivity index (χ2v) is 7.70. The highest BCUT2D eigenvalue weighted by molar-refractivity contribution is 6.05. The van der Waals surface area contributed by atoms with E-state index in [2.05, 4.69) is 12.2 Å². The fourth-order valence-corrected chi connectivity index (χ4v) is 3.33. The van der Waals surface area contributed by atoms with Crippen LogP contribution in [0.4, 0.5) is 5.69 Å². The van der Waals surface area contributed by atoms with E-state index in [0.29, 0.717) is 30.1 Å². The van der Waals surface area contributed by atoms with E-state index in [0.717, 1.165) is 18.4 Å². The molecular weight excluding hydrogens is 382 g/mol. The van der Waals surface area contributed by atoms with E-state index < -0.39 is 10.8 Å². The molecule has 1 saturated heterocycles. The first-order valence-electron chi connectivity index (χ1n) is 9.97. The molecule has 156 valence electrons. The molecule has 7 nitrogen and oxygen atoms in total. The Morgan fingerprint density at radius 3 is 2.43 bits per heavy atom. The first-order chi connectivity index (χ1) is 14.3. The fourth-order valence-electron chi connectivity index (χ4n) is 3.33. The van der Waals surface area contributed by atoms with Gasteiger partial charge in [0.15, 0.2) is 0 Å². The summed E-state index contributed by atoms with van der Waals surface area (Å²) in [5.74, 6) is -0.125. The quantitative estimate of drug-likeness (QED) is 0.462. The molecule has 7 heteroatoms. The highest BCUT2D eigenvalue weighted by Crippen LogP contribution is 2.20. The zero-order valence-corrected chi connectivity index (χ0v) is 17.1. The van der Waals surface area contributed by atoms with Crippen LogP contribution in [0.5, 0.6) is 0 Å². The number of nitro groups is 1. The number of non-ortho nitro benzene ring substituents is 1. The van der Waals surface area contributed by atoms with Crippen molar-refractivity contribution in [3.63, 3.8) is 0 Å². The number of amides is 2. The summed E-state index contributed by atoms with van der Waals surface area (Å²) in [6, 6.07) is 13.0.